The lowest BCUT2D eigenvalue weighted by Crippen LogP contribution is -3.13. The van der Waals surface area contributed by atoms with E-state index in [2.05, 4.69) is 52.9 Å². The van der Waals surface area contributed by atoms with Crippen molar-refractivity contribution in [3.8, 4) is 0 Å². The van der Waals surface area contributed by atoms with Crippen LogP contribution >= 0.6 is 15.9 Å². The number of nitrogens with zero attached hydrogens (tertiary/aromatic N) is 1. The van der Waals surface area contributed by atoms with Crippen LogP contribution in [-0.2, 0) is 6.54 Å². The fraction of sp³-hybridized carbons (Fsp3) is 0.368. The summed E-state index contributed by atoms with van der Waals surface area (Å²) in [5.74, 6) is -0.191. The molecule has 0 saturated carbocycles. The third-order valence-electron chi connectivity index (χ3n) is 4.83. The summed E-state index contributed by atoms with van der Waals surface area (Å²) in [6, 6.07) is 11.9. The van der Waals surface area contributed by atoms with Crippen molar-refractivity contribution in [1.82, 2.24) is 0 Å². The van der Waals surface area contributed by atoms with Crippen LogP contribution in [0, 0.1) is 19.7 Å². The minimum Gasteiger partial charge on any atom is -0.360 e. The van der Waals surface area contributed by atoms with Gasteiger partial charge in [0, 0.05) is 11.3 Å². The number of benzene rings is 2. The summed E-state index contributed by atoms with van der Waals surface area (Å²) in [7, 11) is 0. The molecule has 4 heteroatoms. The van der Waals surface area contributed by atoms with Gasteiger partial charge in [0.05, 0.1) is 30.7 Å². The average Bonchev–Trinajstić information content (AvgIpc) is 2.55. The maximum atomic E-state index is 13.3. The maximum absolute atomic E-state index is 13.3. The van der Waals surface area contributed by atoms with Gasteiger partial charge in [-0.25, -0.2) is 4.39 Å². The molecule has 23 heavy (non-hydrogen) atoms. The molecule has 0 unspecified atom stereocenters. The number of hydrogen-bond donors (Lipinski definition) is 1. The van der Waals surface area contributed by atoms with Gasteiger partial charge in [-0.3, -0.25) is 0 Å². The van der Waals surface area contributed by atoms with Gasteiger partial charge in [0.1, 0.15) is 12.4 Å². The molecule has 2 aromatic rings. The van der Waals surface area contributed by atoms with E-state index in [1.807, 2.05) is 12.1 Å². The number of nitrogens with one attached hydrogen (secondary N) is 1. The van der Waals surface area contributed by atoms with Crippen molar-refractivity contribution in [1.29, 1.82) is 0 Å². The van der Waals surface area contributed by atoms with Gasteiger partial charge in [-0.05, 0) is 59.1 Å². The highest BCUT2D eigenvalue weighted by Crippen LogP contribution is 2.22. The number of hydrogen-bond acceptors (Lipinski definition) is 1. The molecule has 1 fully saturated rings. The van der Waals surface area contributed by atoms with Crippen LogP contribution in [0.25, 0.3) is 0 Å². The standard InChI is InChI=1S/C19H22BrFN2/c1-14-4-3-5-19(15(14)2)23-10-8-22(9-11-23)13-16-6-7-18(21)17(20)12-16/h3-7,12H,8-11,13H2,1-2H3/p+1. The normalized spacial score (nSPS) is 15.9. The quantitative estimate of drug-likeness (QED) is 0.863. The highest BCUT2D eigenvalue weighted by atomic mass is 79.9. The Kier molecular flexibility index (Phi) is 5.02. The summed E-state index contributed by atoms with van der Waals surface area (Å²) in [6.45, 7) is 9.71. The molecule has 0 radical (unpaired) electrons. The SMILES string of the molecule is Cc1cccc(N2CC[NH+](Cc3ccc(F)c(Br)c3)CC2)c1C. The van der Waals surface area contributed by atoms with Gasteiger partial charge in [-0.15, -0.1) is 0 Å². The van der Waals surface area contributed by atoms with Crippen LogP contribution < -0.4 is 9.80 Å². The Morgan fingerprint density at radius 3 is 2.57 bits per heavy atom. The minimum absolute atomic E-state index is 0.191. The van der Waals surface area contributed by atoms with Gasteiger partial charge in [0.25, 0.3) is 0 Å². The second-order valence-electron chi connectivity index (χ2n) is 6.38. The monoisotopic (exact) mass is 377 g/mol. The lowest BCUT2D eigenvalue weighted by Gasteiger charge is -2.34. The first kappa shape index (κ1) is 16.5. The van der Waals surface area contributed by atoms with Crippen LogP contribution in [0.4, 0.5) is 10.1 Å². The molecule has 0 aliphatic carbocycles. The molecule has 1 aliphatic rings. The molecule has 3 rings (SSSR count). The molecule has 1 aliphatic heterocycles. The van der Waals surface area contributed by atoms with Crippen molar-refractivity contribution < 1.29 is 9.29 Å². The largest absolute Gasteiger partial charge is 0.360 e. The fourth-order valence-electron chi connectivity index (χ4n) is 3.26. The summed E-state index contributed by atoms with van der Waals surface area (Å²) < 4.78 is 13.9. The zero-order chi connectivity index (χ0) is 16.4. The van der Waals surface area contributed by atoms with Crippen molar-refractivity contribution in [3.05, 3.63) is 63.4 Å². The summed E-state index contributed by atoms with van der Waals surface area (Å²) in [4.78, 5) is 4.05. The Bertz CT molecular complexity index is 694. The predicted octanol–water partition coefficient (Wildman–Crippen LogP) is 3.11. The second kappa shape index (κ2) is 7.02. The zero-order valence-electron chi connectivity index (χ0n) is 13.7. The van der Waals surface area contributed by atoms with Crippen LogP contribution in [0.1, 0.15) is 16.7 Å². The smallest absolute Gasteiger partial charge is 0.137 e. The van der Waals surface area contributed by atoms with Gasteiger partial charge in [-0.2, -0.15) is 0 Å². The molecule has 0 atom stereocenters. The number of aryl methyl sites for hydroxylation is 1. The predicted molar refractivity (Wildman–Crippen MR) is 96.6 cm³/mol. The molecule has 122 valence electrons. The van der Waals surface area contributed by atoms with E-state index in [-0.39, 0.29) is 5.82 Å². The highest BCUT2D eigenvalue weighted by molar-refractivity contribution is 9.10. The van der Waals surface area contributed by atoms with Crippen molar-refractivity contribution in [2.75, 3.05) is 31.1 Å². The van der Waals surface area contributed by atoms with Crippen LogP contribution in [0.15, 0.2) is 40.9 Å². The molecular formula is C19H23BrFN2+. The first-order valence-corrected chi connectivity index (χ1v) is 8.92. The first-order valence-electron chi connectivity index (χ1n) is 8.13. The molecule has 0 bridgehead atoms. The van der Waals surface area contributed by atoms with Crippen LogP contribution in [0.2, 0.25) is 0 Å². The van der Waals surface area contributed by atoms with Gasteiger partial charge in [0.15, 0.2) is 0 Å². The van der Waals surface area contributed by atoms with E-state index in [9.17, 15) is 4.39 Å². The second-order valence-corrected chi connectivity index (χ2v) is 7.24. The Hall–Kier alpha value is -1.39. The number of halogens is 2. The van der Waals surface area contributed by atoms with Crippen molar-refractivity contribution >= 4 is 21.6 Å². The van der Waals surface area contributed by atoms with Crippen LogP contribution in [0.3, 0.4) is 0 Å². The zero-order valence-corrected chi connectivity index (χ0v) is 15.3. The van der Waals surface area contributed by atoms with E-state index in [4.69, 9.17) is 0 Å². The van der Waals surface area contributed by atoms with E-state index >= 15 is 0 Å². The molecule has 1 heterocycles. The van der Waals surface area contributed by atoms with Crippen molar-refractivity contribution in [3.63, 3.8) is 0 Å². The van der Waals surface area contributed by atoms with Crippen molar-refractivity contribution in [2.45, 2.75) is 20.4 Å². The summed E-state index contributed by atoms with van der Waals surface area (Å²) >= 11 is 3.27. The van der Waals surface area contributed by atoms with Gasteiger partial charge < -0.3 is 9.80 Å². The number of rotatable bonds is 3. The molecule has 2 aromatic carbocycles. The Labute approximate surface area is 146 Å². The molecule has 0 amide bonds. The van der Waals surface area contributed by atoms with E-state index in [1.165, 1.54) is 22.4 Å². The number of quaternary nitrogens is 1. The van der Waals surface area contributed by atoms with Gasteiger partial charge in [0.2, 0.25) is 0 Å². The molecule has 0 aromatic heterocycles. The Morgan fingerprint density at radius 1 is 1.13 bits per heavy atom. The van der Waals surface area contributed by atoms with Crippen LogP contribution in [0.5, 0.6) is 0 Å². The summed E-state index contributed by atoms with van der Waals surface area (Å²) in [6.07, 6.45) is 0. The van der Waals surface area contributed by atoms with E-state index in [0.29, 0.717) is 4.47 Å². The Balaban J connectivity index is 1.62. The molecule has 2 nitrogen and oxygen atoms in total. The lowest BCUT2D eigenvalue weighted by molar-refractivity contribution is -0.914. The third-order valence-corrected chi connectivity index (χ3v) is 5.43. The third kappa shape index (κ3) is 3.75. The molecular weight excluding hydrogens is 355 g/mol. The van der Waals surface area contributed by atoms with Gasteiger partial charge >= 0.3 is 0 Å². The minimum atomic E-state index is -0.191. The highest BCUT2D eigenvalue weighted by Gasteiger charge is 2.21. The lowest BCUT2D eigenvalue weighted by atomic mass is 10.1. The van der Waals surface area contributed by atoms with Crippen molar-refractivity contribution in [2.24, 2.45) is 0 Å². The summed E-state index contributed by atoms with van der Waals surface area (Å²) in [5, 5.41) is 0. The van der Waals surface area contributed by atoms with E-state index in [1.54, 1.807) is 11.0 Å². The topological polar surface area (TPSA) is 7.68 Å². The summed E-state index contributed by atoms with van der Waals surface area (Å²) in [5.41, 5.74) is 5.30. The fourth-order valence-corrected chi connectivity index (χ4v) is 3.68. The van der Waals surface area contributed by atoms with E-state index in [0.717, 1.165) is 32.7 Å². The van der Waals surface area contributed by atoms with E-state index < -0.39 is 0 Å². The molecule has 1 saturated heterocycles. The first-order chi connectivity index (χ1) is 11.0. The van der Waals surface area contributed by atoms with Crippen LogP contribution in [-0.4, -0.2) is 26.2 Å². The number of piperazine rings is 1. The number of anilines is 1. The average molecular weight is 378 g/mol. The Morgan fingerprint density at radius 2 is 1.87 bits per heavy atom. The molecule has 0 spiro atoms. The maximum Gasteiger partial charge on any atom is 0.137 e. The molecule has 1 N–H and O–H groups in total. The van der Waals surface area contributed by atoms with Gasteiger partial charge in [-0.1, -0.05) is 18.2 Å².